The molecule has 0 spiro atoms. The first-order valence-corrected chi connectivity index (χ1v) is 21.2. The third kappa shape index (κ3) is 4.94. The fourth-order valence-corrected chi connectivity index (χ4v) is 10.5. The van der Waals surface area contributed by atoms with Crippen molar-refractivity contribution in [3.63, 3.8) is 0 Å². The Morgan fingerprint density at radius 2 is 0.903 bits per heavy atom. The van der Waals surface area contributed by atoms with Crippen LogP contribution in [0.3, 0.4) is 0 Å². The summed E-state index contributed by atoms with van der Waals surface area (Å²) in [5, 5.41) is 6.62. The number of fused-ring (bicyclic) bond motifs is 10. The molecule has 0 amide bonds. The van der Waals surface area contributed by atoms with Crippen LogP contribution >= 0.6 is 0 Å². The number of hydrogen-bond donors (Lipinski definition) is 0. The van der Waals surface area contributed by atoms with E-state index in [1.54, 1.807) is 0 Å². The average Bonchev–Trinajstić information content (AvgIpc) is 4.00. The Morgan fingerprint density at radius 3 is 1.71 bits per heavy atom. The normalized spacial score (nSPS) is 13.0. The van der Waals surface area contributed by atoms with E-state index in [0.717, 1.165) is 82.8 Å². The molecule has 0 radical (unpaired) electrons. The Labute approximate surface area is 358 Å². The Kier molecular flexibility index (Phi) is 7.52. The maximum Gasteiger partial charge on any atom is 0.144 e. The molecule has 2 aromatic heterocycles. The molecule has 290 valence electrons. The minimum Gasteiger partial charge on any atom is -0.455 e. The predicted octanol–water partition coefficient (Wildman–Crippen LogP) is 16.1. The van der Waals surface area contributed by atoms with Crippen LogP contribution < -0.4 is 4.90 Å². The third-order valence-electron chi connectivity index (χ3n) is 13.1. The van der Waals surface area contributed by atoms with Crippen molar-refractivity contribution in [2.75, 3.05) is 4.90 Å². The van der Waals surface area contributed by atoms with Crippen LogP contribution in [0.15, 0.2) is 233 Å². The van der Waals surface area contributed by atoms with E-state index >= 15 is 0 Å². The van der Waals surface area contributed by atoms with Crippen molar-refractivity contribution in [2.24, 2.45) is 0 Å². The van der Waals surface area contributed by atoms with E-state index in [0.29, 0.717) is 0 Å². The van der Waals surface area contributed by atoms with Crippen LogP contribution in [0.25, 0.3) is 76.9 Å². The summed E-state index contributed by atoms with van der Waals surface area (Å²) in [5.41, 5.74) is 15.6. The van der Waals surface area contributed by atoms with Gasteiger partial charge in [0.25, 0.3) is 0 Å². The van der Waals surface area contributed by atoms with Gasteiger partial charge >= 0.3 is 0 Å². The van der Waals surface area contributed by atoms with E-state index in [1.165, 1.54) is 33.4 Å². The maximum atomic E-state index is 7.13. The van der Waals surface area contributed by atoms with Crippen LogP contribution in [-0.4, -0.2) is 0 Å². The average molecular weight is 792 g/mol. The molecule has 0 atom stereocenters. The van der Waals surface area contributed by atoms with Gasteiger partial charge in [-0.25, -0.2) is 0 Å². The second kappa shape index (κ2) is 13.4. The number of hydrogen-bond acceptors (Lipinski definition) is 3. The van der Waals surface area contributed by atoms with Crippen LogP contribution in [0.4, 0.5) is 17.1 Å². The summed E-state index contributed by atoms with van der Waals surface area (Å²) in [6.07, 6.45) is 0. The van der Waals surface area contributed by atoms with Gasteiger partial charge in [0.15, 0.2) is 0 Å². The van der Waals surface area contributed by atoms with Crippen molar-refractivity contribution in [1.29, 1.82) is 0 Å². The second-order valence-electron chi connectivity index (χ2n) is 16.3. The third-order valence-corrected chi connectivity index (χ3v) is 13.1. The van der Waals surface area contributed by atoms with Crippen LogP contribution in [-0.2, 0) is 5.41 Å². The smallest absolute Gasteiger partial charge is 0.144 e. The van der Waals surface area contributed by atoms with Crippen molar-refractivity contribution in [1.82, 2.24) is 0 Å². The highest BCUT2D eigenvalue weighted by Crippen LogP contribution is 2.57. The van der Waals surface area contributed by atoms with Gasteiger partial charge in [-0.05, 0) is 92.7 Å². The molecule has 3 nitrogen and oxygen atoms in total. The van der Waals surface area contributed by atoms with Crippen molar-refractivity contribution in [3.8, 4) is 22.3 Å². The highest BCUT2D eigenvalue weighted by molar-refractivity contribution is 6.22. The SMILES string of the molecule is c1ccc(N(c2ccc3c(c2)C(c2ccccc2)(c2ccccc2)c2ccccc2-3)c2ccc3c(c2)oc2c(-c4cccc5c4oc4ccccc45)c4ccccc4cc23)cc1. The standard InChI is InChI=1S/C59H37NO2/c1-4-18-39(19-5-1)59(40-20-6-2-7-21-40)52-29-14-12-25-45(52)46-33-31-42(36-53(46)59)60(41-22-8-3-9-23-41)43-32-34-48-51-35-38-17-10-11-24-44(38)56(58(51)62-55(48)37-43)50-28-16-27-49-47-26-13-15-30-54(47)61-57(49)50/h1-37H. The zero-order valence-corrected chi connectivity index (χ0v) is 33.6. The van der Waals surface area contributed by atoms with E-state index in [-0.39, 0.29) is 0 Å². The quantitative estimate of drug-likeness (QED) is 0.168. The first-order chi connectivity index (χ1) is 30.8. The summed E-state index contributed by atoms with van der Waals surface area (Å²) < 4.78 is 13.8. The highest BCUT2D eigenvalue weighted by Gasteiger charge is 2.46. The molecular formula is C59H37NO2. The van der Waals surface area contributed by atoms with Gasteiger partial charge in [-0.15, -0.1) is 0 Å². The van der Waals surface area contributed by atoms with E-state index in [9.17, 15) is 0 Å². The molecule has 62 heavy (non-hydrogen) atoms. The monoisotopic (exact) mass is 791 g/mol. The number of furan rings is 2. The molecule has 10 aromatic carbocycles. The molecule has 0 aliphatic heterocycles. The van der Waals surface area contributed by atoms with Crippen LogP contribution in [0.1, 0.15) is 22.3 Å². The Balaban J connectivity index is 1.04. The van der Waals surface area contributed by atoms with Gasteiger partial charge in [-0.1, -0.05) is 170 Å². The van der Waals surface area contributed by atoms with Crippen molar-refractivity contribution < 1.29 is 8.83 Å². The minimum atomic E-state index is -0.517. The summed E-state index contributed by atoms with van der Waals surface area (Å²) in [6, 6.07) is 80.9. The van der Waals surface area contributed by atoms with Crippen molar-refractivity contribution in [2.45, 2.75) is 5.41 Å². The lowest BCUT2D eigenvalue weighted by Crippen LogP contribution is -2.28. The first-order valence-electron chi connectivity index (χ1n) is 21.2. The molecule has 0 saturated heterocycles. The lowest BCUT2D eigenvalue weighted by Gasteiger charge is -2.35. The zero-order chi connectivity index (χ0) is 40.8. The van der Waals surface area contributed by atoms with Gasteiger partial charge < -0.3 is 13.7 Å². The van der Waals surface area contributed by atoms with Gasteiger partial charge in [-0.3, -0.25) is 0 Å². The minimum absolute atomic E-state index is 0.517. The van der Waals surface area contributed by atoms with E-state index < -0.39 is 5.41 Å². The fraction of sp³-hybridized carbons (Fsp3) is 0.0169. The zero-order valence-electron chi connectivity index (χ0n) is 33.6. The summed E-state index contributed by atoms with van der Waals surface area (Å²) in [4.78, 5) is 2.36. The van der Waals surface area contributed by atoms with E-state index in [1.807, 2.05) is 12.1 Å². The summed E-state index contributed by atoms with van der Waals surface area (Å²) >= 11 is 0. The molecule has 0 fully saturated rings. The van der Waals surface area contributed by atoms with Gasteiger partial charge in [0.1, 0.15) is 22.3 Å². The van der Waals surface area contributed by atoms with Crippen LogP contribution in [0.2, 0.25) is 0 Å². The molecule has 0 unspecified atom stereocenters. The lowest BCUT2D eigenvalue weighted by atomic mass is 9.67. The van der Waals surface area contributed by atoms with Crippen molar-refractivity contribution >= 4 is 71.7 Å². The van der Waals surface area contributed by atoms with Gasteiger partial charge in [0.2, 0.25) is 0 Å². The highest BCUT2D eigenvalue weighted by atomic mass is 16.3. The Bertz CT molecular complexity index is 3660. The predicted molar refractivity (Wildman–Crippen MR) is 256 cm³/mol. The molecule has 2 heterocycles. The van der Waals surface area contributed by atoms with E-state index in [2.05, 4.69) is 217 Å². The molecule has 0 bridgehead atoms. The number of benzene rings is 10. The molecule has 1 aliphatic rings. The number of anilines is 3. The topological polar surface area (TPSA) is 29.5 Å². The van der Waals surface area contributed by atoms with Crippen LogP contribution in [0, 0.1) is 0 Å². The fourth-order valence-electron chi connectivity index (χ4n) is 10.5. The lowest BCUT2D eigenvalue weighted by molar-refractivity contribution is 0.665. The Hall–Kier alpha value is -8.14. The molecule has 0 saturated carbocycles. The molecule has 3 heteroatoms. The molecule has 0 N–H and O–H groups in total. The van der Waals surface area contributed by atoms with E-state index in [4.69, 9.17) is 8.83 Å². The number of para-hydroxylation sites is 3. The molecule has 13 rings (SSSR count). The summed E-state index contributed by atoms with van der Waals surface area (Å²) in [7, 11) is 0. The van der Waals surface area contributed by atoms with Crippen LogP contribution in [0.5, 0.6) is 0 Å². The van der Waals surface area contributed by atoms with Crippen molar-refractivity contribution in [3.05, 3.63) is 247 Å². The second-order valence-corrected chi connectivity index (χ2v) is 16.3. The summed E-state index contributed by atoms with van der Waals surface area (Å²) in [5.74, 6) is 0. The molecular weight excluding hydrogens is 755 g/mol. The largest absolute Gasteiger partial charge is 0.455 e. The summed E-state index contributed by atoms with van der Waals surface area (Å²) in [6.45, 7) is 0. The maximum absolute atomic E-state index is 7.13. The van der Waals surface area contributed by atoms with Gasteiger partial charge in [-0.2, -0.15) is 0 Å². The van der Waals surface area contributed by atoms with Gasteiger partial charge in [0.05, 0.1) is 5.41 Å². The number of nitrogens with zero attached hydrogens (tertiary/aromatic N) is 1. The first kappa shape index (κ1) is 34.7. The molecule has 1 aliphatic carbocycles. The van der Waals surface area contributed by atoms with Gasteiger partial charge in [0, 0.05) is 55.8 Å². The number of rotatable bonds is 6. The molecule has 12 aromatic rings. The Morgan fingerprint density at radius 1 is 0.323 bits per heavy atom.